The standard InChI is InChI=1S/C13H15BrFNO2/c14-8-6-9-12(18-5-4-17-9)11(15)10(8)13(7-16)2-1-3-13/h6H,1-5,7,16H2. The molecule has 98 valence electrons. The number of halogens is 2. The van der Waals surface area contributed by atoms with Gasteiger partial charge in [0.2, 0.25) is 0 Å². The van der Waals surface area contributed by atoms with Gasteiger partial charge in [0.1, 0.15) is 13.2 Å². The summed E-state index contributed by atoms with van der Waals surface area (Å²) in [7, 11) is 0. The topological polar surface area (TPSA) is 44.5 Å². The normalized spacial score (nSPS) is 20.4. The predicted octanol–water partition coefficient (Wildman–Crippen LogP) is 2.74. The Kier molecular flexibility index (Phi) is 2.98. The van der Waals surface area contributed by atoms with E-state index < -0.39 is 0 Å². The first kappa shape index (κ1) is 12.2. The lowest BCUT2D eigenvalue weighted by molar-refractivity contribution is 0.160. The highest BCUT2D eigenvalue weighted by atomic mass is 79.9. The van der Waals surface area contributed by atoms with Crippen molar-refractivity contribution in [3.05, 3.63) is 21.9 Å². The third kappa shape index (κ3) is 1.64. The fourth-order valence-corrected chi connectivity index (χ4v) is 3.56. The van der Waals surface area contributed by atoms with Crippen LogP contribution in [0.5, 0.6) is 11.5 Å². The highest BCUT2D eigenvalue weighted by Gasteiger charge is 2.42. The van der Waals surface area contributed by atoms with Crippen LogP contribution in [0.25, 0.3) is 0 Å². The first-order valence-corrected chi connectivity index (χ1v) is 6.95. The van der Waals surface area contributed by atoms with Gasteiger partial charge in [0.05, 0.1) is 0 Å². The monoisotopic (exact) mass is 315 g/mol. The summed E-state index contributed by atoms with van der Waals surface area (Å²) in [5.41, 5.74) is 6.27. The first-order valence-electron chi connectivity index (χ1n) is 6.16. The van der Waals surface area contributed by atoms with E-state index in [9.17, 15) is 4.39 Å². The van der Waals surface area contributed by atoms with E-state index in [4.69, 9.17) is 15.2 Å². The average Bonchev–Trinajstić information content (AvgIpc) is 2.32. The fourth-order valence-electron chi connectivity index (χ4n) is 2.76. The van der Waals surface area contributed by atoms with Crippen LogP contribution >= 0.6 is 15.9 Å². The largest absolute Gasteiger partial charge is 0.486 e. The molecule has 3 nitrogen and oxygen atoms in total. The average molecular weight is 316 g/mol. The van der Waals surface area contributed by atoms with E-state index in [-0.39, 0.29) is 17.0 Å². The van der Waals surface area contributed by atoms with E-state index in [2.05, 4.69) is 15.9 Å². The van der Waals surface area contributed by atoms with E-state index >= 15 is 0 Å². The minimum atomic E-state index is -0.316. The van der Waals surface area contributed by atoms with Crippen LogP contribution in [0.2, 0.25) is 0 Å². The van der Waals surface area contributed by atoms with Gasteiger partial charge in [-0.05, 0) is 18.9 Å². The lowest BCUT2D eigenvalue weighted by atomic mass is 9.64. The van der Waals surface area contributed by atoms with Crippen LogP contribution in [-0.2, 0) is 5.41 Å². The zero-order valence-electron chi connectivity index (χ0n) is 9.97. The predicted molar refractivity (Wildman–Crippen MR) is 69.7 cm³/mol. The molecule has 2 N–H and O–H groups in total. The fraction of sp³-hybridized carbons (Fsp3) is 0.538. The van der Waals surface area contributed by atoms with Gasteiger partial charge in [-0.25, -0.2) is 4.39 Å². The number of hydrogen-bond acceptors (Lipinski definition) is 3. The van der Waals surface area contributed by atoms with Crippen LogP contribution in [0, 0.1) is 5.82 Å². The van der Waals surface area contributed by atoms with E-state index in [1.54, 1.807) is 6.07 Å². The highest BCUT2D eigenvalue weighted by Crippen LogP contribution is 2.50. The van der Waals surface area contributed by atoms with E-state index in [0.29, 0.717) is 31.1 Å². The maximum Gasteiger partial charge on any atom is 0.197 e. The van der Waals surface area contributed by atoms with Crippen molar-refractivity contribution in [1.82, 2.24) is 0 Å². The van der Waals surface area contributed by atoms with Crippen LogP contribution in [0.4, 0.5) is 4.39 Å². The highest BCUT2D eigenvalue weighted by molar-refractivity contribution is 9.10. The summed E-state index contributed by atoms with van der Waals surface area (Å²) < 4.78 is 26.2. The molecule has 1 aromatic rings. The Morgan fingerprint density at radius 3 is 2.67 bits per heavy atom. The molecule has 0 saturated heterocycles. The molecule has 5 heteroatoms. The van der Waals surface area contributed by atoms with Crippen molar-refractivity contribution in [3.8, 4) is 11.5 Å². The van der Waals surface area contributed by atoms with Crippen LogP contribution < -0.4 is 15.2 Å². The molecular formula is C13H15BrFNO2. The lowest BCUT2D eigenvalue weighted by Gasteiger charge is -2.42. The van der Waals surface area contributed by atoms with Crippen molar-refractivity contribution in [2.24, 2.45) is 5.73 Å². The molecule has 0 unspecified atom stereocenters. The van der Waals surface area contributed by atoms with Gasteiger partial charge in [0, 0.05) is 22.0 Å². The molecule has 3 rings (SSSR count). The number of ether oxygens (including phenoxy) is 2. The minimum Gasteiger partial charge on any atom is -0.486 e. The quantitative estimate of drug-likeness (QED) is 0.912. The summed E-state index contributed by atoms with van der Waals surface area (Å²) in [6.07, 6.45) is 2.95. The van der Waals surface area contributed by atoms with Gasteiger partial charge in [-0.1, -0.05) is 22.4 Å². The van der Waals surface area contributed by atoms with Gasteiger partial charge in [-0.2, -0.15) is 0 Å². The van der Waals surface area contributed by atoms with Crippen molar-refractivity contribution in [3.63, 3.8) is 0 Å². The summed E-state index contributed by atoms with van der Waals surface area (Å²) >= 11 is 3.45. The third-order valence-corrected chi connectivity index (χ3v) is 4.58. The molecule has 18 heavy (non-hydrogen) atoms. The molecule has 0 bridgehead atoms. The number of benzene rings is 1. The summed E-state index contributed by atoms with van der Waals surface area (Å²) in [5.74, 6) is 0.393. The number of fused-ring (bicyclic) bond motifs is 1. The molecule has 2 aliphatic rings. The maximum absolute atomic E-state index is 14.6. The Morgan fingerprint density at radius 2 is 2.06 bits per heavy atom. The second-order valence-corrected chi connectivity index (χ2v) is 5.76. The SMILES string of the molecule is NCC1(c2c(Br)cc3c(c2F)OCCO3)CCC1. The minimum absolute atomic E-state index is 0.235. The van der Waals surface area contributed by atoms with Crippen molar-refractivity contribution in [2.75, 3.05) is 19.8 Å². The summed E-state index contributed by atoms with van der Waals surface area (Å²) in [5, 5.41) is 0. The van der Waals surface area contributed by atoms with Crippen molar-refractivity contribution < 1.29 is 13.9 Å². The van der Waals surface area contributed by atoms with E-state index in [1.807, 2.05) is 0 Å². The number of hydrogen-bond donors (Lipinski definition) is 1. The summed E-state index contributed by atoms with van der Waals surface area (Å²) in [6, 6.07) is 1.79. The van der Waals surface area contributed by atoms with Crippen molar-refractivity contribution in [1.29, 1.82) is 0 Å². The third-order valence-electron chi connectivity index (χ3n) is 3.96. The zero-order valence-corrected chi connectivity index (χ0v) is 11.6. The van der Waals surface area contributed by atoms with Gasteiger partial charge in [-0.3, -0.25) is 0 Å². The molecule has 0 aromatic heterocycles. The molecule has 0 radical (unpaired) electrons. The van der Waals surface area contributed by atoms with Gasteiger partial charge >= 0.3 is 0 Å². The van der Waals surface area contributed by atoms with E-state index in [1.165, 1.54) is 0 Å². The van der Waals surface area contributed by atoms with Crippen LogP contribution in [-0.4, -0.2) is 19.8 Å². The van der Waals surface area contributed by atoms with Gasteiger partial charge in [0.15, 0.2) is 17.3 Å². The number of nitrogens with two attached hydrogens (primary N) is 1. The van der Waals surface area contributed by atoms with Crippen molar-refractivity contribution >= 4 is 15.9 Å². The van der Waals surface area contributed by atoms with Crippen LogP contribution in [0.15, 0.2) is 10.5 Å². The summed E-state index contributed by atoms with van der Waals surface area (Å²) in [4.78, 5) is 0. The van der Waals surface area contributed by atoms with Crippen LogP contribution in [0.3, 0.4) is 0 Å². The number of rotatable bonds is 2. The molecule has 0 atom stereocenters. The molecule has 1 saturated carbocycles. The molecule has 1 aliphatic carbocycles. The Balaban J connectivity index is 2.15. The second kappa shape index (κ2) is 4.38. The first-order chi connectivity index (χ1) is 8.68. The molecule has 1 aliphatic heterocycles. The second-order valence-electron chi connectivity index (χ2n) is 4.91. The van der Waals surface area contributed by atoms with Crippen LogP contribution in [0.1, 0.15) is 24.8 Å². The molecule has 0 amide bonds. The van der Waals surface area contributed by atoms with Gasteiger partial charge < -0.3 is 15.2 Å². The molecule has 1 fully saturated rings. The smallest absolute Gasteiger partial charge is 0.197 e. The molecular weight excluding hydrogens is 301 g/mol. The summed E-state index contributed by atoms with van der Waals surface area (Å²) in [6.45, 7) is 1.31. The Labute approximate surface area is 114 Å². The lowest BCUT2D eigenvalue weighted by Crippen LogP contribution is -2.42. The van der Waals surface area contributed by atoms with Crippen molar-refractivity contribution in [2.45, 2.75) is 24.7 Å². The molecule has 1 aromatic carbocycles. The van der Waals surface area contributed by atoms with Gasteiger partial charge in [-0.15, -0.1) is 0 Å². The van der Waals surface area contributed by atoms with E-state index in [0.717, 1.165) is 23.7 Å². The Hall–Kier alpha value is -0.810. The molecule has 1 heterocycles. The Bertz CT molecular complexity index is 483. The Morgan fingerprint density at radius 1 is 1.33 bits per heavy atom. The zero-order chi connectivity index (χ0) is 12.8. The maximum atomic E-state index is 14.6. The van der Waals surface area contributed by atoms with Gasteiger partial charge in [0.25, 0.3) is 0 Å². The molecule has 0 spiro atoms.